The van der Waals surface area contributed by atoms with Crippen LogP contribution in [0.1, 0.15) is 31.4 Å². The van der Waals surface area contributed by atoms with Crippen LogP contribution in [-0.2, 0) is 4.79 Å². The first-order valence-corrected chi connectivity index (χ1v) is 4.93. The van der Waals surface area contributed by atoms with Crippen LogP contribution in [0.2, 0.25) is 0 Å². The van der Waals surface area contributed by atoms with E-state index < -0.39 is 0 Å². The molecule has 1 N–H and O–H groups in total. The number of nitrogens with zero attached hydrogens (tertiary/aromatic N) is 1. The van der Waals surface area contributed by atoms with Crippen LogP contribution in [-0.4, -0.2) is 16.8 Å². The molecule has 0 saturated carbocycles. The molecule has 2 atom stereocenters. The van der Waals surface area contributed by atoms with Gasteiger partial charge in [-0.05, 0) is 18.6 Å². The molecule has 1 fully saturated rings. The first kappa shape index (κ1) is 9.34. The molecule has 74 valence electrons. The summed E-state index contributed by atoms with van der Waals surface area (Å²) < 4.78 is 0. The van der Waals surface area contributed by atoms with Crippen molar-refractivity contribution >= 4 is 5.78 Å². The first-order chi connectivity index (χ1) is 6.75. The molecular formula is C11H14N2O. The summed E-state index contributed by atoms with van der Waals surface area (Å²) in [5.74, 6) is 0.338. The highest BCUT2D eigenvalue weighted by Gasteiger charge is 2.24. The Kier molecular flexibility index (Phi) is 2.59. The van der Waals surface area contributed by atoms with Crippen LogP contribution in [0.25, 0.3) is 0 Å². The minimum Gasteiger partial charge on any atom is -0.307 e. The van der Waals surface area contributed by atoms with E-state index in [1.165, 1.54) is 0 Å². The normalized spacial score (nSPS) is 27.6. The molecule has 1 saturated heterocycles. The van der Waals surface area contributed by atoms with Gasteiger partial charge in [-0.3, -0.25) is 9.78 Å². The number of rotatable bonds is 1. The van der Waals surface area contributed by atoms with E-state index in [4.69, 9.17) is 0 Å². The van der Waals surface area contributed by atoms with Crippen molar-refractivity contribution in [1.82, 2.24) is 10.3 Å². The minimum atomic E-state index is 0.153. The highest BCUT2D eigenvalue weighted by Crippen LogP contribution is 2.22. The molecule has 1 aliphatic heterocycles. The Morgan fingerprint density at radius 3 is 3.00 bits per heavy atom. The molecule has 2 unspecified atom stereocenters. The Morgan fingerprint density at radius 1 is 1.50 bits per heavy atom. The second kappa shape index (κ2) is 3.88. The fraction of sp³-hybridized carbons (Fsp3) is 0.455. The molecule has 0 spiro atoms. The largest absolute Gasteiger partial charge is 0.307 e. The van der Waals surface area contributed by atoms with Gasteiger partial charge in [-0.25, -0.2) is 0 Å². The standard InChI is InChI=1S/C11H14N2O/c1-8-5-10(14)6-11(13-8)9-3-2-4-12-7-9/h2-4,7-8,11,13H,5-6H2,1H3. The third-order valence-corrected chi connectivity index (χ3v) is 2.54. The fourth-order valence-electron chi connectivity index (χ4n) is 1.91. The summed E-state index contributed by atoms with van der Waals surface area (Å²) in [6, 6.07) is 4.35. The SMILES string of the molecule is CC1CC(=O)CC(c2cccnc2)N1. The smallest absolute Gasteiger partial charge is 0.136 e. The van der Waals surface area contributed by atoms with Crippen LogP contribution < -0.4 is 5.32 Å². The number of ketones is 1. The molecule has 2 rings (SSSR count). The lowest BCUT2D eigenvalue weighted by Crippen LogP contribution is -2.38. The fourth-order valence-corrected chi connectivity index (χ4v) is 1.91. The second-order valence-corrected chi connectivity index (χ2v) is 3.85. The number of piperidine rings is 1. The Balaban J connectivity index is 2.15. The summed E-state index contributed by atoms with van der Waals surface area (Å²) in [6.45, 7) is 2.04. The second-order valence-electron chi connectivity index (χ2n) is 3.85. The lowest BCUT2D eigenvalue weighted by molar-refractivity contribution is -0.121. The van der Waals surface area contributed by atoms with Gasteiger partial charge in [0, 0.05) is 37.3 Å². The molecule has 14 heavy (non-hydrogen) atoms. The van der Waals surface area contributed by atoms with Gasteiger partial charge >= 0.3 is 0 Å². The van der Waals surface area contributed by atoms with Gasteiger partial charge in [0.25, 0.3) is 0 Å². The topological polar surface area (TPSA) is 42.0 Å². The zero-order valence-corrected chi connectivity index (χ0v) is 8.23. The van der Waals surface area contributed by atoms with Crippen molar-refractivity contribution in [3.05, 3.63) is 30.1 Å². The monoisotopic (exact) mass is 190 g/mol. The van der Waals surface area contributed by atoms with Crippen molar-refractivity contribution in [2.24, 2.45) is 0 Å². The summed E-state index contributed by atoms with van der Waals surface area (Å²) in [4.78, 5) is 15.5. The maximum Gasteiger partial charge on any atom is 0.136 e. The van der Waals surface area contributed by atoms with Crippen molar-refractivity contribution in [2.45, 2.75) is 31.8 Å². The molecule has 2 heterocycles. The maximum atomic E-state index is 11.4. The molecule has 1 aromatic rings. The number of Topliss-reactive ketones (excluding diaryl/α,β-unsaturated/α-hetero) is 1. The van der Waals surface area contributed by atoms with Gasteiger partial charge in [-0.1, -0.05) is 6.07 Å². The Bertz CT molecular complexity index is 323. The van der Waals surface area contributed by atoms with Gasteiger partial charge < -0.3 is 5.32 Å². The number of pyridine rings is 1. The Morgan fingerprint density at radius 2 is 2.36 bits per heavy atom. The van der Waals surface area contributed by atoms with E-state index in [2.05, 4.69) is 10.3 Å². The average molecular weight is 190 g/mol. The molecule has 0 aromatic carbocycles. The van der Waals surface area contributed by atoms with Crippen LogP contribution in [0.5, 0.6) is 0 Å². The molecule has 0 amide bonds. The van der Waals surface area contributed by atoms with Gasteiger partial charge in [0.2, 0.25) is 0 Å². The third kappa shape index (κ3) is 1.99. The lowest BCUT2D eigenvalue weighted by atomic mass is 9.94. The predicted molar refractivity (Wildman–Crippen MR) is 53.8 cm³/mol. The number of aromatic nitrogens is 1. The van der Waals surface area contributed by atoms with E-state index in [0.29, 0.717) is 18.6 Å². The van der Waals surface area contributed by atoms with Crippen molar-refractivity contribution < 1.29 is 4.79 Å². The van der Waals surface area contributed by atoms with Gasteiger partial charge in [0.1, 0.15) is 5.78 Å². The molecule has 0 radical (unpaired) electrons. The van der Waals surface area contributed by atoms with Crippen molar-refractivity contribution in [3.63, 3.8) is 0 Å². The lowest BCUT2D eigenvalue weighted by Gasteiger charge is -2.27. The van der Waals surface area contributed by atoms with Crippen molar-refractivity contribution in [1.29, 1.82) is 0 Å². The van der Waals surface area contributed by atoms with Crippen LogP contribution in [0.4, 0.5) is 0 Å². The van der Waals surface area contributed by atoms with Crippen molar-refractivity contribution in [2.75, 3.05) is 0 Å². The number of hydrogen-bond donors (Lipinski definition) is 1. The average Bonchev–Trinajstić information content (AvgIpc) is 2.18. The molecule has 0 bridgehead atoms. The minimum absolute atomic E-state index is 0.153. The van der Waals surface area contributed by atoms with Crippen LogP contribution in [0, 0.1) is 0 Å². The Hall–Kier alpha value is -1.22. The first-order valence-electron chi connectivity index (χ1n) is 4.93. The van der Waals surface area contributed by atoms with Crippen LogP contribution >= 0.6 is 0 Å². The summed E-state index contributed by atoms with van der Waals surface area (Å²) in [5, 5.41) is 3.40. The van der Waals surface area contributed by atoms with Crippen LogP contribution in [0.3, 0.4) is 0 Å². The number of carbonyl (C=O) groups excluding carboxylic acids is 1. The molecule has 0 aliphatic carbocycles. The van der Waals surface area contributed by atoms with E-state index in [9.17, 15) is 4.79 Å². The summed E-state index contributed by atoms with van der Waals surface area (Å²) >= 11 is 0. The summed E-state index contributed by atoms with van der Waals surface area (Å²) in [6.07, 6.45) is 4.81. The quantitative estimate of drug-likeness (QED) is 0.729. The van der Waals surface area contributed by atoms with Gasteiger partial charge in [-0.2, -0.15) is 0 Å². The number of carbonyl (C=O) groups is 1. The predicted octanol–water partition coefficient (Wildman–Crippen LogP) is 1.46. The van der Waals surface area contributed by atoms with Gasteiger partial charge in [-0.15, -0.1) is 0 Å². The van der Waals surface area contributed by atoms with E-state index in [1.807, 2.05) is 25.3 Å². The highest BCUT2D eigenvalue weighted by atomic mass is 16.1. The third-order valence-electron chi connectivity index (χ3n) is 2.54. The van der Waals surface area contributed by atoms with Crippen LogP contribution in [0.15, 0.2) is 24.5 Å². The Labute approximate surface area is 83.5 Å². The summed E-state index contributed by atoms with van der Waals surface area (Å²) in [7, 11) is 0. The van der Waals surface area contributed by atoms with E-state index in [-0.39, 0.29) is 12.1 Å². The van der Waals surface area contributed by atoms with Gasteiger partial charge in [0.15, 0.2) is 0 Å². The zero-order chi connectivity index (χ0) is 9.97. The molecular weight excluding hydrogens is 176 g/mol. The molecule has 1 aliphatic rings. The number of hydrogen-bond acceptors (Lipinski definition) is 3. The molecule has 3 nitrogen and oxygen atoms in total. The van der Waals surface area contributed by atoms with E-state index >= 15 is 0 Å². The summed E-state index contributed by atoms with van der Waals surface area (Å²) in [5.41, 5.74) is 1.10. The molecule has 1 aromatic heterocycles. The zero-order valence-electron chi connectivity index (χ0n) is 8.23. The highest BCUT2D eigenvalue weighted by molar-refractivity contribution is 5.80. The van der Waals surface area contributed by atoms with E-state index in [1.54, 1.807) is 6.20 Å². The van der Waals surface area contributed by atoms with Crippen molar-refractivity contribution in [3.8, 4) is 0 Å². The number of nitrogens with one attached hydrogen (secondary N) is 1. The van der Waals surface area contributed by atoms with E-state index in [0.717, 1.165) is 5.56 Å². The maximum absolute atomic E-state index is 11.4. The molecule has 3 heteroatoms. The van der Waals surface area contributed by atoms with Gasteiger partial charge in [0.05, 0.1) is 0 Å².